The number of halogens is 1. The number of anilines is 1. The maximum atomic E-state index is 13.4. The smallest absolute Gasteiger partial charge is 0.191 e. The van der Waals surface area contributed by atoms with Gasteiger partial charge in [0.1, 0.15) is 5.82 Å². The Morgan fingerprint density at radius 1 is 1.22 bits per heavy atom. The molecule has 0 radical (unpaired) electrons. The van der Waals surface area contributed by atoms with E-state index in [1.165, 1.54) is 19.4 Å². The number of piperidine rings is 2. The molecule has 1 aromatic rings. The first kappa shape index (κ1) is 19.9. The number of hydrogen-bond acceptors (Lipinski definition) is 3. The molecule has 5 nitrogen and oxygen atoms in total. The molecule has 2 aliphatic rings. The van der Waals surface area contributed by atoms with Gasteiger partial charge in [-0.3, -0.25) is 4.99 Å². The van der Waals surface area contributed by atoms with Gasteiger partial charge in [-0.1, -0.05) is 0 Å². The Morgan fingerprint density at radius 3 is 2.78 bits per heavy atom. The van der Waals surface area contributed by atoms with Gasteiger partial charge in [-0.25, -0.2) is 4.39 Å². The van der Waals surface area contributed by atoms with Crippen LogP contribution in [0.3, 0.4) is 0 Å². The van der Waals surface area contributed by atoms with Gasteiger partial charge in [0.2, 0.25) is 0 Å². The third kappa shape index (κ3) is 5.58. The molecular weight excluding hydrogens is 341 g/mol. The molecule has 2 heterocycles. The Morgan fingerprint density at radius 2 is 2.04 bits per heavy atom. The zero-order valence-corrected chi connectivity index (χ0v) is 17.0. The van der Waals surface area contributed by atoms with E-state index in [4.69, 9.17) is 0 Å². The lowest BCUT2D eigenvalue weighted by Crippen LogP contribution is -2.52. The SMILES string of the molecule is CN=C(NCC1CCCN(C)C1)NC1CCCN(c2ccc(F)cc2C)C1. The molecule has 0 saturated carbocycles. The van der Waals surface area contributed by atoms with Crippen LogP contribution in [0.1, 0.15) is 31.2 Å². The highest BCUT2D eigenvalue weighted by Gasteiger charge is 2.23. The van der Waals surface area contributed by atoms with Crippen LogP contribution in [0.4, 0.5) is 10.1 Å². The molecule has 27 heavy (non-hydrogen) atoms. The van der Waals surface area contributed by atoms with Crippen molar-refractivity contribution in [1.29, 1.82) is 0 Å². The Bertz CT molecular complexity index is 647. The van der Waals surface area contributed by atoms with E-state index in [9.17, 15) is 4.39 Å². The summed E-state index contributed by atoms with van der Waals surface area (Å²) in [6.45, 7) is 7.26. The molecule has 2 N–H and O–H groups in total. The van der Waals surface area contributed by atoms with E-state index in [2.05, 4.69) is 32.5 Å². The molecule has 2 unspecified atom stereocenters. The predicted molar refractivity (Wildman–Crippen MR) is 111 cm³/mol. The highest BCUT2D eigenvalue weighted by molar-refractivity contribution is 5.80. The molecule has 2 atom stereocenters. The van der Waals surface area contributed by atoms with E-state index < -0.39 is 0 Å². The number of rotatable bonds is 4. The van der Waals surface area contributed by atoms with Crippen LogP contribution in [-0.2, 0) is 0 Å². The first-order chi connectivity index (χ1) is 13.0. The van der Waals surface area contributed by atoms with E-state index in [0.717, 1.165) is 56.2 Å². The monoisotopic (exact) mass is 375 g/mol. The van der Waals surface area contributed by atoms with Crippen molar-refractivity contribution in [3.63, 3.8) is 0 Å². The summed E-state index contributed by atoms with van der Waals surface area (Å²) in [6, 6.07) is 5.43. The van der Waals surface area contributed by atoms with Crippen LogP contribution in [0.15, 0.2) is 23.2 Å². The Kier molecular flexibility index (Phi) is 6.94. The van der Waals surface area contributed by atoms with Crippen LogP contribution in [0.2, 0.25) is 0 Å². The highest BCUT2D eigenvalue weighted by atomic mass is 19.1. The third-order valence-electron chi connectivity index (χ3n) is 5.77. The first-order valence-electron chi connectivity index (χ1n) is 10.2. The fraction of sp³-hybridized carbons (Fsp3) is 0.667. The van der Waals surface area contributed by atoms with Crippen LogP contribution in [0.5, 0.6) is 0 Å². The lowest BCUT2D eigenvalue weighted by molar-refractivity contribution is 0.210. The van der Waals surface area contributed by atoms with Crippen molar-refractivity contribution in [2.45, 2.75) is 38.6 Å². The Balaban J connectivity index is 1.52. The maximum Gasteiger partial charge on any atom is 0.191 e. The summed E-state index contributed by atoms with van der Waals surface area (Å²) in [5.41, 5.74) is 2.13. The van der Waals surface area contributed by atoms with Crippen molar-refractivity contribution in [1.82, 2.24) is 15.5 Å². The van der Waals surface area contributed by atoms with Crippen LogP contribution < -0.4 is 15.5 Å². The molecule has 0 bridgehead atoms. The fourth-order valence-electron chi connectivity index (χ4n) is 4.36. The van der Waals surface area contributed by atoms with Gasteiger partial charge in [-0.05, 0) is 75.9 Å². The van der Waals surface area contributed by atoms with Crippen molar-refractivity contribution in [3.8, 4) is 0 Å². The van der Waals surface area contributed by atoms with E-state index >= 15 is 0 Å². The largest absolute Gasteiger partial charge is 0.369 e. The van der Waals surface area contributed by atoms with E-state index in [0.29, 0.717) is 12.0 Å². The van der Waals surface area contributed by atoms with Gasteiger partial charge in [-0.2, -0.15) is 0 Å². The zero-order valence-electron chi connectivity index (χ0n) is 17.0. The standard InChI is InChI=1S/C21H34FN5/c1-16-12-18(22)8-9-20(16)27-11-5-7-19(15-27)25-21(23-2)24-13-17-6-4-10-26(3)14-17/h8-9,12,17,19H,4-7,10-11,13-15H2,1-3H3,(H2,23,24,25). The normalized spacial score (nSPS) is 24.7. The molecule has 3 rings (SSSR count). The van der Waals surface area contributed by atoms with E-state index in [-0.39, 0.29) is 5.82 Å². The van der Waals surface area contributed by atoms with Gasteiger partial charge < -0.3 is 20.4 Å². The molecule has 0 aliphatic carbocycles. The van der Waals surface area contributed by atoms with Crippen molar-refractivity contribution < 1.29 is 4.39 Å². The lowest BCUT2D eigenvalue weighted by atomic mass is 9.98. The van der Waals surface area contributed by atoms with Crippen LogP contribution in [-0.4, -0.2) is 63.7 Å². The van der Waals surface area contributed by atoms with Gasteiger partial charge in [-0.15, -0.1) is 0 Å². The fourth-order valence-corrected chi connectivity index (χ4v) is 4.36. The number of aliphatic imine (C=N–C) groups is 1. The second-order valence-corrected chi connectivity index (χ2v) is 8.08. The van der Waals surface area contributed by atoms with E-state index in [1.807, 2.05) is 20.0 Å². The van der Waals surface area contributed by atoms with Crippen LogP contribution in [0.25, 0.3) is 0 Å². The Hall–Kier alpha value is -1.82. The molecule has 1 aromatic carbocycles. The summed E-state index contributed by atoms with van der Waals surface area (Å²) < 4.78 is 13.4. The second-order valence-electron chi connectivity index (χ2n) is 8.08. The number of benzene rings is 1. The van der Waals surface area contributed by atoms with Gasteiger partial charge in [0.25, 0.3) is 0 Å². The number of aryl methyl sites for hydroxylation is 1. The second kappa shape index (κ2) is 9.40. The number of likely N-dealkylation sites (tertiary alicyclic amines) is 1. The Labute approximate surface area is 163 Å². The molecule has 0 aromatic heterocycles. The molecule has 0 spiro atoms. The first-order valence-corrected chi connectivity index (χ1v) is 10.2. The minimum Gasteiger partial charge on any atom is -0.369 e. The van der Waals surface area contributed by atoms with Crippen molar-refractivity contribution in [2.24, 2.45) is 10.9 Å². The van der Waals surface area contributed by atoms with Gasteiger partial charge in [0, 0.05) is 45.0 Å². The quantitative estimate of drug-likeness (QED) is 0.627. The van der Waals surface area contributed by atoms with Crippen molar-refractivity contribution in [2.75, 3.05) is 51.7 Å². The molecule has 6 heteroatoms. The summed E-state index contributed by atoms with van der Waals surface area (Å²) in [4.78, 5) is 9.20. The van der Waals surface area contributed by atoms with Crippen molar-refractivity contribution in [3.05, 3.63) is 29.6 Å². The number of hydrogen-bond donors (Lipinski definition) is 2. The van der Waals surface area contributed by atoms with Crippen LogP contribution in [0, 0.1) is 18.7 Å². The minimum absolute atomic E-state index is 0.166. The average molecular weight is 376 g/mol. The average Bonchev–Trinajstić information content (AvgIpc) is 2.65. The number of nitrogens with zero attached hydrogens (tertiary/aromatic N) is 3. The highest BCUT2D eigenvalue weighted by Crippen LogP contribution is 2.24. The summed E-state index contributed by atoms with van der Waals surface area (Å²) in [5.74, 6) is 1.42. The number of guanidine groups is 1. The summed E-state index contributed by atoms with van der Waals surface area (Å²) in [5, 5.41) is 7.12. The molecular formula is C21H34FN5. The van der Waals surface area contributed by atoms with Crippen molar-refractivity contribution >= 4 is 11.6 Å². The molecule has 2 saturated heterocycles. The summed E-state index contributed by atoms with van der Waals surface area (Å²) in [7, 11) is 4.04. The minimum atomic E-state index is -0.166. The lowest BCUT2D eigenvalue weighted by Gasteiger charge is -2.36. The zero-order chi connectivity index (χ0) is 19.2. The molecule has 2 fully saturated rings. The number of nitrogens with one attached hydrogen (secondary N) is 2. The van der Waals surface area contributed by atoms with E-state index in [1.54, 1.807) is 12.1 Å². The molecule has 0 amide bonds. The summed E-state index contributed by atoms with van der Waals surface area (Å²) in [6.07, 6.45) is 4.82. The maximum absolute atomic E-state index is 13.4. The third-order valence-corrected chi connectivity index (χ3v) is 5.77. The van der Waals surface area contributed by atoms with Gasteiger partial charge in [0.15, 0.2) is 5.96 Å². The molecule has 150 valence electrons. The summed E-state index contributed by atoms with van der Waals surface area (Å²) >= 11 is 0. The topological polar surface area (TPSA) is 42.9 Å². The predicted octanol–water partition coefficient (Wildman–Crippen LogP) is 2.61. The van der Waals surface area contributed by atoms with Crippen LogP contribution >= 0.6 is 0 Å². The van der Waals surface area contributed by atoms with Gasteiger partial charge >= 0.3 is 0 Å². The molecule has 2 aliphatic heterocycles. The van der Waals surface area contributed by atoms with Gasteiger partial charge in [0.05, 0.1) is 0 Å².